The van der Waals surface area contributed by atoms with E-state index >= 15 is 0 Å². The average Bonchev–Trinajstić information content (AvgIpc) is 2.52. The molecule has 1 atom stereocenters. The summed E-state index contributed by atoms with van der Waals surface area (Å²) in [5.74, 6) is 1.53. The second kappa shape index (κ2) is 9.07. The number of ether oxygens (including phenoxy) is 2. The van der Waals surface area contributed by atoms with Gasteiger partial charge < -0.3 is 14.8 Å². The van der Waals surface area contributed by atoms with E-state index in [1.807, 2.05) is 18.2 Å². The molecule has 1 N–H and O–H groups in total. The fraction of sp³-hybridized carbons (Fsp3) is 0.600. The Balaban J connectivity index is 0.00000220. The van der Waals surface area contributed by atoms with Gasteiger partial charge in [-0.15, -0.1) is 12.4 Å². The highest BCUT2D eigenvalue weighted by atomic mass is 35.5. The Kier molecular flexibility index (Phi) is 7.78. The summed E-state index contributed by atoms with van der Waals surface area (Å²) in [4.78, 5) is 2.30. The molecule has 0 radical (unpaired) electrons. The molecular formula is C15H24ClFN2O2. The smallest absolute Gasteiger partial charge is 0.127 e. The van der Waals surface area contributed by atoms with Crippen LogP contribution in [-0.4, -0.2) is 52.0 Å². The summed E-state index contributed by atoms with van der Waals surface area (Å²) in [6.45, 7) is 3.33. The van der Waals surface area contributed by atoms with E-state index in [0.717, 1.165) is 43.2 Å². The van der Waals surface area contributed by atoms with Crippen LogP contribution >= 0.6 is 12.4 Å². The highest BCUT2D eigenvalue weighted by Gasteiger charge is 2.27. The summed E-state index contributed by atoms with van der Waals surface area (Å²) in [7, 11) is 3.28. The number of hydrogen-bond donors (Lipinski definition) is 1. The molecule has 120 valence electrons. The van der Waals surface area contributed by atoms with Crippen LogP contribution in [0.5, 0.6) is 11.5 Å². The van der Waals surface area contributed by atoms with E-state index in [2.05, 4.69) is 10.2 Å². The SMILES string of the molecule is COc1cccc(OC)c1[C@@H](CCF)N1CCNCC1.Cl. The Bertz CT molecular complexity index is 406. The summed E-state index contributed by atoms with van der Waals surface area (Å²) in [5, 5.41) is 3.32. The largest absolute Gasteiger partial charge is 0.496 e. The number of piperazine rings is 1. The van der Waals surface area contributed by atoms with Crippen molar-refractivity contribution < 1.29 is 13.9 Å². The molecule has 1 fully saturated rings. The van der Waals surface area contributed by atoms with Gasteiger partial charge in [0.15, 0.2) is 0 Å². The van der Waals surface area contributed by atoms with Crippen LogP contribution in [0.25, 0.3) is 0 Å². The lowest BCUT2D eigenvalue weighted by Crippen LogP contribution is -2.45. The molecule has 2 rings (SSSR count). The number of nitrogens with zero attached hydrogens (tertiary/aromatic N) is 1. The highest BCUT2D eigenvalue weighted by Crippen LogP contribution is 2.38. The molecule has 4 nitrogen and oxygen atoms in total. The topological polar surface area (TPSA) is 33.7 Å². The maximum Gasteiger partial charge on any atom is 0.127 e. The van der Waals surface area contributed by atoms with Crippen molar-refractivity contribution in [1.29, 1.82) is 0 Å². The third kappa shape index (κ3) is 4.22. The van der Waals surface area contributed by atoms with E-state index in [4.69, 9.17) is 9.47 Å². The quantitative estimate of drug-likeness (QED) is 0.873. The van der Waals surface area contributed by atoms with Crippen molar-refractivity contribution in [2.45, 2.75) is 12.5 Å². The standard InChI is InChI=1S/C15H23FN2O2.ClH/c1-19-13-4-3-5-14(20-2)15(13)12(6-7-16)18-10-8-17-9-11-18;/h3-5,12,17H,6-11H2,1-2H3;1H/t12-;/m1./s1. The Morgan fingerprint density at radius 2 is 1.76 bits per heavy atom. The minimum Gasteiger partial charge on any atom is -0.496 e. The zero-order valence-electron chi connectivity index (χ0n) is 12.6. The first-order valence-corrected chi connectivity index (χ1v) is 7.03. The Labute approximate surface area is 132 Å². The van der Waals surface area contributed by atoms with Crippen LogP contribution in [-0.2, 0) is 0 Å². The maximum atomic E-state index is 13.0. The van der Waals surface area contributed by atoms with E-state index < -0.39 is 0 Å². The Morgan fingerprint density at radius 1 is 1.19 bits per heavy atom. The minimum absolute atomic E-state index is 0. The van der Waals surface area contributed by atoms with E-state index in [9.17, 15) is 4.39 Å². The molecule has 1 aliphatic rings. The minimum atomic E-state index is -0.351. The van der Waals surface area contributed by atoms with Gasteiger partial charge in [0.1, 0.15) is 11.5 Å². The Hall–Kier alpha value is -1.04. The van der Waals surface area contributed by atoms with Crippen LogP contribution in [0.15, 0.2) is 18.2 Å². The van der Waals surface area contributed by atoms with Crippen molar-refractivity contribution in [3.63, 3.8) is 0 Å². The molecule has 1 heterocycles. The first kappa shape index (κ1) is 18.0. The zero-order valence-corrected chi connectivity index (χ0v) is 13.4. The van der Waals surface area contributed by atoms with Crippen LogP contribution in [0.1, 0.15) is 18.0 Å². The molecule has 0 aromatic heterocycles. The second-order valence-corrected chi connectivity index (χ2v) is 4.86. The summed E-state index contributed by atoms with van der Waals surface area (Å²) in [6.07, 6.45) is 0.455. The predicted molar refractivity (Wildman–Crippen MR) is 84.6 cm³/mol. The van der Waals surface area contributed by atoms with Crippen LogP contribution in [0, 0.1) is 0 Å². The van der Waals surface area contributed by atoms with Crippen molar-refractivity contribution in [3.05, 3.63) is 23.8 Å². The third-order valence-corrected chi connectivity index (χ3v) is 3.77. The molecule has 0 amide bonds. The maximum absolute atomic E-state index is 13.0. The number of halogens is 2. The van der Waals surface area contributed by atoms with E-state index in [1.54, 1.807) is 14.2 Å². The van der Waals surface area contributed by atoms with Gasteiger partial charge in [-0.1, -0.05) is 6.07 Å². The van der Waals surface area contributed by atoms with Gasteiger partial charge in [0, 0.05) is 32.2 Å². The molecule has 6 heteroatoms. The van der Waals surface area contributed by atoms with Gasteiger partial charge in [0.25, 0.3) is 0 Å². The van der Waals surface area contributed by atoms with E-state index in [1.165, 1.54) is 0 Å². The molecular weight excluding hydrogens is 295 g/mol. The second-order valence-electron chi connectivity index (χ2n) is 4.86. The number of benzene rings is 1. The fourth-order valence-electron chi connectivity index (χ4n) is 2.81. The van der Waals surface area contributed by atoms with Gasteiger partial charge in [0.05, 0.1) is 26.5 Å². The zero-order chi connectivity index (χ0) is 14.4. The molecule has 0 saturated carbocycles. The van der Waals surface area contributed by atoms with Gasteiger partial charge >= 0.3 is 0 Å². The van der Waals surface area contributed by atoms with Gasteiger partial charge in [-0.05, 0) is 18.6 Å². The molecule has 1 aliphatic heterocycles. The molecule has 21 heavy (non-hydrogen) atoms. The van der Waals surface area contributed by atoms with Crippen molar-refractivity contribution in [1.82, 2.24) is 10.2 Å². The van der Waals surface area contributed by atoms with Gasteiger partial charge in [0.2, 0.25) is 0 Å². The third-order valence-electron chi connectivity index (χ3n) is 3.77. The van der Waals surface area contributed by atoms with E-state index in [0.29, 0.717) is 6.42 Å². The molecule has 0 bridgehead atoms. The summed E-state index contributed by atoms with van der Waals surface area (Å²) >= 11 is 0. The monoisotopic (exact) mass is 318 g/mol. The lowest BCUT2D eigenvalue weighted by Gasteiger charge is -2.36. The average molecular weight is 319 g/mol. The van der Waals surface area contributed by atoms with Crippen LogP contribution in [0.2, 0.25) is 0 Å². The molecule has 1 saturated heterocycles. The van der Waals surface area contributed by atoms with Gasteiger partial charge in [-0.3, -0.25) is 9.29 Å². The van der Waals surface area contributed by atoms with Crippen molar-refractivity contribution in [3.8, 4) is 11.5 Å². The van der Waals surface area contributed by atoms with Gasteiger partial charge in [-0.2, -0.15) is 0 Å². The summed E-state index contributed by atoms with van der Waals surface area (Å²) in [5.41, 5.74) is 0.956. The molecule has 0 unspecified atom stereocenters. The number of rotatable bonds is 6. The van der Waals surface area contributed by atoms with Gasteiger partial charge in [-0.25, -0.2) is 0 Å². The number of hydrogen-bond acceptors (Lipinski definition) is 4. The fourth-order valence-corrected chi connectivity index (χ4v) is 2.81. The first-order chi connectivity index (χ1) is 9.81. The number of nitrogens with one attached hydrogen (secondary N) is 1. The lowest BCUT2D eigenvalue weighted by molar-refractivity contribution is 0.152. The normalized spacial score (nSPS) is 16.9. The summed E-state index contributed by atoms with van der Waals surface area (Å²) in [6, 6.07) is 5.70. The summed E-state index contributed by atoms with van der Waals surface area (Å²) < 4.78 is 24.0. The van der Waals surface area contributed by atoms with Crippen molar-refractivity contribution in [2.75, 3.05) is 47.1 Å². The highest BCUT2D eigenvalue weighted by molar-refractivity contribution is 5.85. The van der Waals surface area contributed by atoms with Crippen molar-refractivity contribution >= 4 is 12.4 Å². The van der Waals surface area contributed by atoms with Crippen LogP contribution < -0.4 is 14.8 Å². The molecule has 1 aromatic carbocycles. The lowest BCUT2D eigenvalue weighted by atomic mass is 9.99. The molecule has 0 spiro atoms. The predicted octanol–water partition coefficient (Wildman–Crippen LogP) is 2.43. The first-order valence-electron chi connectivity index (χ1n) is 7.03. The Morgan fingerprint density at radius 3 is 2.24 bits per heavy atom. The molecule has 0 aliphatic carbocycles. The van der Waals surface area contributed by atoms with Crippen LogP contribution in [0.4, 0.5) is 4.39 Å². The molecule has 1 aromatic rings. The number of methoxy groups -OCH3 is 2. The van der Waals surface area contributed by atoms with E-state index in [-0.39, 0.29) is 25.1 Å². The van der Waals surface area contributed by atoms with Crippen LogP contribution in [0.3, 0.4) is 0 Å². The number of alkyl halides is 1. The van der Waals surface area contributed by atoms with Crippen molar-refractivity contribution in [2.24, 2.45) is 0 Å².